The summed E-state index contributed by atoms with van der Waals surface area (Å²) in [6.45, 7) is 4.43. The van der Waals surface area contributed by atoms with Crippen LogP contribution in [0.5, 0.6) is 0 Å². The van der Waals surface area contributed by atoms with Crippen molar-refractivity contribution < 1.29 is 4.42 Å². The Balaban J connectivity index is 1.99. The number of rotatable bonds is 4. The number of hydrogen-bond acceptors (Lipinski definition) is 4. The van der Waals surface area contributed by atoms with Gasteiger partial charge in [0.2, 0.25) is 5.89 Å². The SMILES string of the molecule is CC(C)NC(N)=NCc1coc(-c2cccs2)n1. The lowest BCUT2D eigenvalue weighted by atomic mass is 10.4. The van der Waals surface area contributed by atoms with E-state index < -0.39 is 0 Å². The van der Waals surface area contributed by atoms with Gasteiger partial charge in [-0.05, 0) is 25.3 Å². The molecule has 0 fully saturated rings. The average Bonchev–Trinajstić information content (AvgIpc) is 2.96. The Kier molecular flexibility index (Phi) is 3.99. The molecular weight excluding hydrogens is 248 g/mol. The highest BCUT2D eigenvalue weighted by Gasteiger charge is 2.07. The monoisotopic (exact) mass is 264 g/mol. The Hall–Kier alpha value is -1.82. The second kappa shape index (κ2) is 5.68. The molecule has 3 N–H and O–H groups in total. The van der Waals surface area contributed by atoms with Gasteiger partial charge in [0.05, 0.1) is 11.4 Å². The van der Waals surface area contributed by atoms with Crippen LogP contribution in [0, 0.1) is 0 Å². The molecule has 0 saturated heterocycles. The molecule has 0 saturated carbocycles. The molecule has 0 radical (unpaired) electrons. The molecule has 6 heteroatoms. The van der Waals surface area contributed by atoms with Crippen molar-refractivity contribution in [3.8, 4) is 10.8 Å². The van der Waals surface area contributed by atoms with Crippen LogP contribution in [-0.2, 0) is 6.54 Å². The Morgan fingerprint density at radius 3 is 3.11 bits per heavy atom. The molecule has 2 aromatic heterocycles. The predicted octanol–water partition coefficient (Wildman–Crippen LogP) is 2.22. The van der Waals surface area contributed by atoms with Gasteiger partial charge in [-0.3, -0.25) is 0 Å². The van der Waals surface area contributed by atoms with Gasteiger partial charge < -0.3 is 15.5 Å². The highest BCUT2D eigenvalue weighted by molar-refractivity contribution is 7.13. The van der Waals surface area contributed by atoms with Crippen molar-refractivity contribution in [2.45, 2.75) is 26.4 Å². The van der Waals surface area contributed by atoms with Gasteiger partial charge in [0.15, 0.2) is 5.96 Å². The number of nitrogens with zero attached hydrogens (tertiary/aromatic N) is 2. The first-order chi connectivity index (χ1) is 8.65. The van der Waals surface area contributed by atoms with Crippen molar-refractivity contribution in [3.05, 3.63) is 29.5 Å². The van der Waals surface area contributed by atoms with E-state index in [-0.39, 0.29) is 6.04 Å². The lowest BCUT2D eigenvalue weighted by Crippen LogP contribution is -2.36. The molecule has 2 heterocycles. The molecule has 0 amide bonds. The Labute approximate surface area is 110 Å². The zero-order valence-electron chi connectivity index (χ0n) is 10.4. The van der Waals surface area contributed by atoms with Gasteiger partial charge in [-0.1, -0.05) is 6.07 Å². The summed E-state index contributed by atoms with van der Waals surface area (Å²) in [7, 11) is 0. The van der Waals surface area contributed by atoms with Crippen LogP contribution >= 0.6 is 11.3 Å². The van der Waals surface area contributed by atoms with E-state index in [9.17, 15) is 0 Å². The summed E-state index contributed by atoms with van der Waals surface area (Å²) < 4.78 is 5.39. The van der Waals surface area contributed by atoms with Crippen LogP contribution in [0.1, 0.15) is 19.5 Å². The van der Waals surface area contributed by atoms with Crippen molar-refractivity contribution in [3.63, 3.8) is 0 Å². The van der Waals surface area contributed by atoms with Crippen LogP contribution in [0.3, 0.4) is 0 Å². The van der Waals surface area contributed by atoms with E-state index in [1.807, 2.05) is 31.4 Å². The maximum atomic E-state index is 5.71. The summed E-state index contributed by atoms with van der Waals surface area (Å²) in [5.74, 6) is 1.05. The van der Waals surface area contributed by atoms with E-state index in [0.717, 1.165) is 10.6 Å². The fourth-order valence-electron chi connectivity index (χ4n) is 1.40. The number of hydrogen-bond donors (Lipinski definition) is 2. The Bertz CT molecular complexity index is 516. The normalized spacial score (nSPS) is 12.1. The van der Waals surface area contributed by atoms with Gasteiger partial charge in [-0.25, -0.2) is 9.98 Å². The Morgan fingerprint density at radius 1 is 1.61 bits per heavy atom. The van der Waals surface area contributed by atoms with E-state index >= 15 is 0 Å². The van der Waals surface area contributed by atoms with E-state index in [2.05, 4.69) is 15.3 Å². The maximum Gasteiger partial charge on any atom is 0.236 e. The second-order valence-corrected chi connectivity index (χ2v) is 5.07. The van der Waals surface area contributed by atoms with Crippen molar-refractivity contribution in [2.75, 3.05) is 0 Å². The van der Waals surface area contributed by atoms with Gasteiger partial charge in [0.1, 0.15) is 12.0 Å². The first kappa shape index (κ1) is 12.6. The molecule has 0 atom stereocenters. The minimum absolute atomic E-state index is 0.271. The topological polar surface area (TPSA) is 76.4 Å². The average molecular weight is 264 g/mol. The molecule has 0 bridgehead atoms. The van der Waals surface area contributed by atoms with Crippen LogP contribution in [0.2, 0.25) is 0 Å². The zero-order chi connectivity index (χ0) is 13.0. The molecule has 2 aromatic rings. The maximum absolute atomic E-state index is 5.71. The third kappa shape index (κ3) is 3.33. The predicted molar refractivity (Wildman–Crippen MR) is 73.4 cm³/mol. The standard InChI is InChI=1S/C12H16N4OS/c1-8(2)15-12(13)14-6-9-7-17-11(16-9)10-4-3-5-18-10/h3-5,7-8H,6H2,1-2H3,(H3,13,14,15). The van der Waals surface area contributed by atoms with Crippen molar-refractivity contribution in [2.24, 2.45) is 10.7 Å². The van der Waals surface area contributed by atoms with Gasteiger partial charge in [-0.2, -0.15) is 0 Å². The molecule has 96 valence electrons. The smallest absolute Gasteiger partial charge is 0.236 e. The minimum Gasteiger partial charge on any atom is -0.443 e. The Morgan fingerprint density at radius 2 is 2.44 bits per heavy atom. The van der Waals surface area contributed by atoms with Crippen LogP contribution in [0.25, 0.3) is 10.8 Å². The molecule has 5 nitrogen and oxygen atoms in total. The highest BCUT2D eigenvalue weighted by atomic mass is 32.1. The van der Waals surface area contributed by atoms with Crippen LogP contribution in [-0.4, -0.2) is 17.0 Å². The highest BCUT2D eigenvalue weighted by Crippen LogP contribution is 2.23. The number of oxazole rings is 1. The van der Waals surface area contributed by atoms with Gasteiger partial charge in [-0.15, -0.1) is 11.3 Å². The van der Waals surface area contributed by atoms with Crippen molar-refractivity contribution in [1.29, 1.82) is 0 Å². The molecule has 0 aliphatic carbocycles. The number of aliphatic imine (C=N–C) groups is 1. The number of nitrogens with two attached hydrogens (primary N) is 1. The fourth-order valence-corrected chi connectivity index (χ4v) is 2.06. The summed E-state index contributed by atoms with van der Waals surface area (Å²) in [6, 6.07) is 4.21. The summed E-state index contributed by atoms with van der Waals surface area (Å²) in [5.41, 5.74) is 6.48. The van der Waals surface area contributed by atoms with E-state index in [4.69, 9.17) is 10.2 Å². The molecular formula is C12H16N4OS. The molecule has 0 aromatic carbocycles. The lowest BCUT2D eigenvalue weighted by Gasteiger charge is -2.07. The third-order valence-corrected chi connectivity index (χ3v) is 2.99. The van der Waals surface area contributed by atoms with Gasteiger partial charge in [0.25, 0.3) is 0 Å². The molecule has 18 heavy (non-hydrogen) atoms. The summed E-state index contributed by atoms with van der Waals surface area (Å²) in [4.78, 5) is 9.56. The molecule has 0 aliphatic heterocycles. The number of aromatic nitrogens is 1. The molecule has 0 spiro atoms. The zero-order valence-corrected chi connectivity index (χ0v) is 11.2. The lowest BCUT2D eigenvalue weighted by molar-refractivity contribution is 0.574. The van der Waals surface area contributed by atoms with E-state index in [1.165, 1.54) is 0 Å². The van der Waals surface area contributed by atoms with Crippen LogP contribution in [0.15, 0.2) is 33.2 Å². The van der Waals surface area contributed by atoms with Crippen LogP contribution < -0.4 is 11.1 Å². The van der Waals surface area contributed by atoms with Crippen molar-refractivity contribution >= 4 is 17.3 Å². The van der Waals surface area contributed by atoms with Gasteiger partial charge >= 0.3 is 0 Å². The summed E-state index contributed by atoms with van der Waals surface area (Å²) in [5, 5.41) is 5.01. The largest absolute Gasteiger partial charge is 0.443 e. The summed E-state index contributed by atoms with van der Waals surface area (Å²) >= 11 is 1.59. The van der Waals surface area contributed by atoms with Gasteiger partial charge in [0, 0.05) is 6.04 Å². The minimum atomic E-state index is 0.271. The fraction of sp³-hybridized carbons (Fsp3) is 0.333. The first-order valence-corrected chi connectivity index (χ1v) is 6.58. The van der Waals surface area contributed by atoms with E-state index in [0.29, 0.717) is 18.4 Å². The summed E-state index contributed by atoms with van der Waals surface area (Å²) in [6.07, 6.45) is 1.61. The molecule has 2 rings (SSSR count). The number of nitrogens with one attached hydrogen (secondary N) is 1. The van der Waals surface area contributed by atoms with Crippen LogP contribution in [0.4, 0.5) is 0 Å². The third-order valence-electron chi connectivity index (χ3n) is 2.13. The van der Waals surface area contributed by atoms with E-state index in [1.54, 1.807) is 17.6 Å². The second-order valence-electron chi connectivity index (χ2n) is 4.12. The van der Waals surface area contributed by atoms with Crippen molar-refractivity contribution in [1.82, 2.24) is 10.3 Å². The molecule has 0 aliphatic rings. The number of thiophene rings is 1. The molecule has 0 unspecified atom stereocenters. The number of guanidine groups is 1. The quantitative estimate of drug-likeness (QED) is 0.655. The first-order valence-electron chi connectivity index (χ1n) is 5.70.